The van der Waals surface area contributed by atoms with Crippen molar-refractivity contribution < 1.29 is 0 Å². The summed E-state index contributed by atoms with van der Waals surface area (Å²) < 4.78 is 2.45. The minimum absolute atomic E-state index is 0.0736. The summed E-state index contributed by atoms with van der Waals surface area (Å²) in [5.74, 6) is 0.627. The van der Waals surface area contributed by atoms with Crippen molar-refractivity contribution in [2.45, 2.75) is 27.3 Å². The molecule has 0 aliphatic heterocycles. The minimum Gasteiger partial charge on any atom is -0.315 e. The maximum Gasteiger partial charge on any atom is 0.271 e. The minimum atomic E-state index is 0.0736. The molecule has 0 atom stereocenters. The molecule has 1 N–H and O–H groups in total. The van der Waals surface area contributed by atoms with Crippen LogP contribution in [0.5, 0.6) is 0 Å². The molecule has 0 fully saturated rings. The lowest BCUT2D eigenvalue weighted by atomic mass is 10.2. The highest BCUT2D eigenvalue weighted by Gasteiger charge is 2.07. The van der Waals surface area contributed by atoms with Gasteiger partial charge in [0.1, 0.15) is 4.70 Å². The van der Waals surface area contributed by atoms with E-state index in [1.54, 1.807) is 10.9 Å². The van der Waals surface area contributed by atoms with E-state index in [1.165, 1.54) is 11.3 Å². The predicted molar refractivity (Wildman–Crippen MR) is 76.3 cm³/mol. The largest absolute Gasteiger partial charge is 0.315 e. The fraction of sp³-hybridized carbons (Fsp3) is 0.538. The van der Waals surface area contributed by atoms with Crippen molar-refractivity contribution in [1.29, 1.82) is 0 Å². The van der Waals surface area contributed by atoms with Gasteiger partial charge in [-0.1, -0.05) is 13.8 Å². The standard InChI is InChI=1S/C13H19N3OS/c1-9(2)6-14-4-5-16-8-15-11-10(3)7-18-12(11)13(16)17/h7-9,14H,4-6H2,1-3H3. The lowest BCUT2D eigenvalue weighted by Gasteiger charge is -2.08. The maximum absolute atomic E-state index is 12.2. The van der Waals surface area contributed by atoms with Gasteiger partial charge in [0.25, 0.3) is 5.56 Å². The van der Waals surface area contributed by atoms with Crippen LogP contribution in [0.3, 0.4) is 0 Å². The second kappa shape index (κ2) is 5.63. The summed E-state index contributed by atoms with van der Waals surface area (Å²) in [6, 6.07) is 0. The molecule has 0 unspecified atom stereocenters. The van der Waals surface area contributed by atoms with Gasteiger partial charge in [0.2, 0.25) is 0 Å². The Morgan fingerprint density at radius 2 is 2.28 bits per heavy atom. The third kappa shape index (κ3) is 2.79. The second-order valence-corrected chi connectivity index (χ2v) is 5.82. The Balaban J connectivity index is 2.10. The van der Waals surface area contributed by atoms with Gasteiger partial charge < -0.3 is 5.32 Å². The van der Waals surface area contributed by atoms with Crippen molar-refractivity contribution >= 4 is 21.6 Å². The van der Waals surface area contributed by atoms with Crippen molar-refractivity contribution in [1.82, 2.24) is 14.9 Å². The van der Waals surface area contributed by atoms with Gasteiger partial charge in [-0.25, -0.2) is 4.98 Å². The monoisotopic (exact) mass is 265 g/mol. The van der Waals surface area contributed by atoms with E-state index in [0.29, 0.717) is 12.5 Å². The number of aryl methyl sites for hydroxylation is 1. The average Bonchev–Trinajstić information content (AvgIpc) is 2.70. The normalized spacial score (nSPS) is 11.6. The third-order valence-corrected chi connectivity index (χ3v) is 3.88. The molecule has 0 aromatic carbocycles. The van der Waals surface area contributed by atoms with E-state index in [0.717, 1.165) is 28.9 Å². The molecule has 2 rings (SSSR count). The van der Waals surface area contributed by atoms with E-state index >= 15 is 0 Å². The quantitative estimate of drug-likeness (QED) is 0.841. The van der Waals surface area contributed by atoms with Crippen molar-refractivity contribution in [3.05, 3.63) is 27.6 Å². The number of fused-ring (bicyclic) bond motifs is 1. The first-order chi connectivity index (χ1) is 8.59. The number of hydrogen-bond donors (Lipinski definition) is 1. The van der Waals surface area contributed by atoms with Crippen LogP contribution in [0.15, 0.2) is 16.5 Å². The fourth-order valence-corrected chi connectivity index (χ4v) is 2.76. The summed E-state index contributed by atoms with van der Waals surface area (Å²) in [5, 5.41) is 5.32. The first-order valence-corrected chi connectivity index (χ1v) is 7.11. The molecule has 0 saturated carbocycles. The molecular formula is C13H19N3OS. The zero-order valence-corrected chi connectivity index (χ0v) is 11.9. The van der Waals surface area contributed by atoms with Crippen LogP contribution in [0.1, 0.15) is 19.4 Å². The van der Waals surface area contributed by atoms with Crippen LogP contribution < -0.4 is 10.9 Å². The summed E-state index contributed by atoms with van der Waals surface area (Å²) in [4.78, 5) is 16.5. The topological polar surface area (TPSA) is 46.9 Å². The Hall–Kier alpha value is -1.20. The van der Waals surface area contributed by atoms with Gasteiger partial charge in [-0.3, -0.25) is 9.36 Å². The van der Waals surface area contributed by atoms with Crippen LogP contribution in [-0.2, 0) is 6.54 Å². The Labute approximate surface area is 111 Å². The van der Waals surface area contributed by atoms with E-state index < -0.39 is 0 Å². The molecule has 98 valence electrons. The first kappa shape index (κ1) is 13.2. The SMILES string of the molecule is Cc1csc2c(=O)n(CCNCC(C)C)cnc12. The van der Waals surface area contributed by atoms with Crippen molar-refractivity contribution in [3.63, 3.8) is 0 Å². The zero-order valence-electron chi connectivity index (χ0n) is 11.1. The molecule has 0 aliphatic carbocycles. The van der Waals surface area contributed by atoms with E-state index in [2.05, 4.69) is 24.1 Å². The molecular weight excluding hydrogens is 246 g/mol. The average molecular weight is 265 g/mol. The van der Waals surface area contributed by atoms with E-state index in [1.807, 2.05) is 12.3 Å². The highest BCUT2D eigenvalue weighted by molar-refractivity contribution is 7.17. The predicted octanol–water partition coefficient (Wildman–Crippen LogP) is 2.01. The Bertz CT molecular complexity index is 585. The van der Waals surface area contributed by atoms with Gasteiger partial charge in [0, 0.05) is 13.1 Å². The number of nitrogens with one attached hydrogen (secondary N) is 1. The van der Waals surface area contributed by atoms with Crippen LogP contribution in [0.4, 0.5) is 0 Å². The van der Waals surface area contributed by atoms with E-state index in [-0.39, 0.29) is 5.56 Å². The molecule has 18 heavy (non-hydrogen) atoms. The van der Waals surface area contributed by atoms with Crippen LogP contribution in [-0.4, -0.2) is 22.6 Å². The van der Waals surface area contributed by atoms with Crippen LogP contribution >= 0.6 is 11.3 Å². The van der Waals surface area contributed by atoms with Crippen LogP contribution in [0, 0.1) is 12.8 Å². The second-order valence-electron chi connectivity index (χ2n) is 4.94. The molecule has 4 nitrogen and oxygen atoms in total. The Morgan fingerprint density at radius 1 is 1.50 bits per heavy atom. The molecule has 0 radical (unpaired) electrons. The summed E-state index contributed by atoms with van der Waals surface area (Å²) >= 11 is 1.48. The van der Waals surface area contributed by atoms with Gasteiger partial charge in [-0.15, -0.1) is 11.3 Å². The fourth-order valence-electron chi connectivity index (χ4n) is 1.81. The van der Waals surface area contributed by atoms with Crippen molar-refractivity contribution in [3.8, 4) is 0 Å². The summed E-state index contributed by atoms with van der Waals surface area (Å²) in [6.07, 6.45) is 1.65. The smallest absolute Gasteiger partial charge is 0.271 e. The van der Waals surface area contributed by atoms with Crippen molar-refractivity contribution in [2.75, 3.05) is 13.1 Å². The highest BCUT2D eigenvalue weighted by atomic mass is 32.1. The molecule has 2 aromatic heterocycles. The van der Waals surface area contributed by atoms with Gasteiger partial charge >= 0.3 is 0 Å². The molecule has 2 heterocycles. The van der Waals surface area contributed by atoms with Gasteiger partial charge in [-0.2, -0.15) is 0 Å². The number of rotatable bonds is 5. The lowest BCUT2D eigenvalue weighted by Crippen LogP contribution is -2.28. The molecule has 0 amide bonds. The number of nitrogens with zero attached hydrogens (tertiary/aromatic N) is 2. The van der Waals surface area contributed by atoms with Crippen LogP contribution in [0.25, 0.3) is 10.2 Å². The summed E-state index contributed by atoms with van der Waals surface area (Å²) in [7, 11) is 0. The van der Waals surface area contributed by atoms with E-state index in [4.69, 9.17) is 0 Å². The number of thiophene rings is 1. The number of aromatic nitrogens is 2. The molecule has 0 bridgehead atoms. The molecule has 0 spiro atoms. The zero-order chi connectivity index (χ0) is 13.1. The highest BCUT2D eigenvalue weighted by Crippen LogP contribution is 2.19. The Kier molecular flexibility index (Phi) is 4.14. The van der Waals surface area contributed by atoms with Crippen LogP contribution in [0.2, 0.25) is 0 Å². The number of hydrogen-bond acceptors (Lipinski definition) is 4. The Morgan fingerprint density at radius 3 is 3.00 bits per heavy atom. The van der Waals surface area contributed by atoms with Gasteiger partial charge in [-0.05, 0) is 30.3 Å². The van der Waals surface area contributed by atoms with E-state index in [9.17, 15) is 4.79 Å². The van der Waals surface area contributed by atoms with Crippen molar-refractivity contribution in [2.24, 2.45) is 5.92 Å². The summed E-state index contributed by atoms with van der Waals surface area (Å²) in [6.45, 7) is 8.77. The van der Waals surface area contributed by atoms with Gasteiger partial charge in [0.05, 0.1) is 11.8 Å². The third-order valence-electron chi connectivity index (χ3n) is 2.81. The summed E-state index contributed by atoms with van der Waals surface area (Å²) in [5.41, 5.74) is 2.00. The van der Waals surface area contributed by atoms with Gasteiger partial charge in [0.15, 0.2) is 0 Å². The maximum atomic E-state index is 12.2. The molecule has 5 heteroatoms. The molecule has 0 aliphatic rings. The molecule has 0 saturated heterocycles. The first-order valence-electron chi connectivity index (χ1n) is 6.23. The molecule has 2 aromatic rings. The lowest BCUT2D eigenvalue weighted by molar-refractivity contribution is 0.519.